The summed E-state index contributed by atoms with van der Waals surface area (Å²) in [5.74, 6) is 0. The molecule has 0 aliphatic carbocycles. The molecule has 0 saturated heterocycles. The van der Waals surface area contributed by atoms with Gasteiger partial charge in [0.2, 0.25) is 0 Å². The Bertz CT molecular complexity index is 556. The predicted octanol–water partition coefficient (Wildman–Crippen LogP) is 2.45. The largest absolute Gasteiger partial charge is 0.454 e. The van der Waals surface area contributed by atoms with Gasteiger partial charge >= 0.3 is 0 Å². The van der Waals surface area contributed by atoms with Gasteiger partial charge in [0.05, 0.1) is 11.6 Å². The monoisotopic (exact) mass is 240 g/mol. The van der Waals surface area contributed by atoms with Crippen molar-refractivity contribution in [1.29, 1.82) is 5.26 Å². The van der Waals surface area contributed by atoms with E-state index in [1.165, 1.54) is 0 Å². The van der Waals surface area contributed by atoms with Gasteiger partial charge in [-0.3, -0.25) is 0 Å². The van der Waals surface area contributed by atoms with Gasteiger partial charge in [0.25, 0.3) is 7.48 Å². The first-order chi connectivity index (χ1) is 8.86. The third-order valence-electron chi connectivity index (χ3n) is 3.24. The molecule has 0 fully saturated rings. The molecule has 1 aromatic heterocycles. The molecule has 92 valence electrons. The smallest absolute Gasteiger partial charge is 0.270 e. The van der Waals surface area contributed by atoms with E-state index < -0.39 is 0 Å². The number of fused-ring (bicyclic) bond motifs is 1. The van der Waals surface area contributed by atoms with Crippen molar-refractivity contribution in [3.05, 3.63) is 36.0 Å². The Balaban J connectivity index is 2.04. The molecule has 18 heavy (non-hydrogen) atoms. The second-order valence-corrected chi connectivity index (χ2v) is 4.50. The fourth-order valence-corrected chi connectivity index (χ4v) is 2.26. The van der Waals surface area contributed by atoms with E-state index in [-0.39, 0.29) is 7.48 Å². The van der Waals surface area contributed by atoms with Gasteiger partial charge in [-0.05, 0) is 24.6 Å². The summed E-state index contributed by atoms with van der Waals surface area (Å²) in [5, 5.41) is 18.8. The standard InChI is InChI=1S/C14H17BN2O/c16-11-12-5-4-6-14-13(12)7-10-17(14)9-3-1-2-8-15-18/h4-7,10,15,18H,1-3,8-9H2. The molecule has 0 atom stereocenters. The topological polar surface area (TPSA) is 49.0 Å². The van der Waals surface area contributed by atoms with E-state index >= 15 is 0 Å². The second-order valence-electron chi connectivity index (χ2n) is 4.50. The van der Waals surface area contributed by atoms with Crippen LogP contribution in [-0.4, -0.2) is 17.1 Å². The molecule has 2 rings (SSSR count). The molecule has 0 aliphatic heterocycles. The zero-order chi connectivity index (χ0) is 12.8. The van der Waals surface area contributed by atoms with Crippen LogP contribution in [0.2, 0.25) is 6.32 Å². The van der Waals surface area contributed by atoms with E-state index in [1.54, 1.807) is 0 Å². The van der Waals surface area contributed by atoms with Crippen LogP contribution in [0, 0.1) is 11.3 Å². The third-order valence-corrected chi connectivity index (χ3v) is 3.24. The van der Waals surface area contributed by atoms with Crippen LogP contribution in [0.4, 0.5) is 0 Å². The Morgan fingerprint density at radius 3 is 2.89 bits per heavy atom. The van der Waals surface area contributed by atoms with Crippen LogP contribution in [0.5, 0.6) is 0 Å². The number of benzene rings is 1. The van der Waals surface area contributed by atoms with Crippen LogP contribution in [0.15, 0.2) is 30.5 Å². The van der Waals surface area contributed by atoms with E-state index in [1.807, 2.05) is 18.2 Å². The normalized spacial score (nSPS) is 10.4. The average Bonchev–Trinajstić information content (AvgIpc) is 2.82. The Morgan fingerprint density at radius 1 is 1.22 bits per heavy atom. The Morgan fingerprint density at radius 2 is 2.11 bits per heavy atom. The summed E-state index contributed by atoms with van der Waals surface area (Å²) >= 11 is 0. The molecular formula is C14H17BN2O. The summed E-state index contributed by atoms with van der Waals surface area (Å²) in [6, 6.07) is 10.1. The molecule has 1 N–H and O–H groups in total. The minimum atomic E-state index is 0.290. The summed E-state index contributed by atoms with van der Waals surface area (Å²) in [5.41, 5.74) is 1.88. The number of aromatic nitrogens is 1. The first kappa shape index (κ1) is 12.7. The molecule has 3 nitrogen and oxygen atoms in total. The number of aryl methyl sites for hydroxylation is 1. The molecule has 0 bridgehead atoms. The summed E-state index contributed by atoms with van der Waals surface area (Å²) in [4.78, 5) is 0. The van der Waals surface area contributed by atoms with E-state index in [9.17, 15) is 0 Å². The first-order valence-electron chi connectivity index (χ1n) is 6.45. The minimum absolute atomic E-state index is 0.290. The molecule has 0 radical (unpaired) electrons. The number of nitrogens with zero attached hydrogens (tertiary/aromatic N) is 2. The number of rotatable bonds is 6. The van der Waals surface area contributed by atoms with Gasteiger partial charge in [0.1, 0.15) is 0 Å². The van der Waals surface area contributed by atoms with Crippen LogP contribution < -0.4 is 0 Å². The fraction of sp³-hybridized carbons (Fsp3) is 0.357. The lowest BCUT2D eigenvalue weighted by molar-refractivity contribution is 0.578. The third kappa shape index (κ3) is 2.74. The maximum absolute atomic E-state index is 9.04. The lowest BCUT2D eigenvalue weighted by Gasteiger charge is -2.05. The molecule has 2 aromatic rings. The van der Waals surface area contributed by atoms with Gasteiger partial charge in [-0.2, -0.15) is 5.26 Å². The lowest BCUT2D eigenvalue weighted by atomic mass is 9.92. The van der Waals surface area contributed by atoms with Crippen molar-refractivity contribution in [2.75, 3.05) is 0 Å². The predicted molar refractivity (Wildman–Crippen MR) is 74.7 cm³/mol. The highest BCUT2D eigenvalue weighted by molar-refractivity contribution is 6.25. The molecule has 0 amide bonds. The zero-order valence-electron chi connectivity index (χ0n) is 10.5. The minimum Gasteiger partial charge on any atom is -0.454 e. The van der Waals surface area contributed by atoms with Crippen LogP contribution >= 0.6 is 0 Å². The van der Waals surface area contributed by atoms with Gasteiger partial charge in [0.15, 0.2) is 0 Å². The number of hydrogen-bond acceptors (Lipinski definition) is 2. The van der Waals surface area contributed by atoms with Crippen molar-refractivity contribution in [3.8, 4) is 6.07 Å². The average molecular weight is 240 g/mol. The number of nitriles is 1. The lowest BCUT2D eigenvalue weighted by Crippen LogP contribution is -1.96. The summed E-state index contributed by atoms with van der Waals surface area (Å²) in [6.45, 7) is 0.976. The molecule has 1 aromatic carbocycles. The fourth-order valence-electron chi connectivity index (χ4n) is 2.26. The van der Waals surface area contributed by atoms with Gasteiger partial charge < -0.3 is 9.59 Å². The summed E-state index contributed by atoms with van der Waals surface area (Å²) in [7, 11) is 0.290. The van der Waals surface area contributed by atoms with E-state index in [0.717, 1.165) is 48.6 Å². The van der Waals surface area contributed by atoms with Crippen LogP contribution in [0.25, 0.3) is 10.9 Å². The molecule has 0 unspecified atom stereocenters. The molecule has 1 heterocycles. The van der Waals surface area contributed by atoms with Crippen molar-refractivity contribution in [1.82, 2.24) is 4.57 Å². The summed E-state index contributed by atoms with van der Waals surface area (Å²) in [6.07, 6.45) is 6.28. The Kier molecular flexibility index (Phi) is 4.43. The molecule has 4 heteroatoms. The molecule has 0 aliphatic rings. The quantitative estimate of drug-likeness (QED) is 0.622. The highest BCUT2D eigenvalue weighted by Crippen LogP contribution is 2.20. The Labute approximate surface area is 108 Å². The van der Waals surface area contributed by atoms with Gasteiger partial charge in [-0.15, -0.1) is 0 Å². The van der Waals surface area contributed by atoms with Crippen molar-refractivity contribution >= 4 is 18.4 Å². The number of unbranched alkanes of at least 4 members (excludes halogenated alkanes) is 2. The Hall–Kier alpha value is -1.73. The van der Waals surface area contributed by atoms with Gasteiger partial charge in [-0.1, -0.05) is 25.2 Å². The van der Waals surface area contributed by atoms with E-state index in [2.05, 4.69) is 22.9 Å². The molecule has 0 saturated carbocycles. The molecular weight excluding hydrogens is 223 g/mol. The van der Waals surface area contributed by atoms with E-state index in [4.69, 9.17) is 10.3 Å². The summed E-state index contributed by atoms with van der Waals surface area (Å²) < 4.78 is 2.20. The van der Waals surface area contributed by atoms with E-state index in [0.29, 0.717) is 0 Å². The maximum atomic E-state index is 9.04. The first-order valence-corrected chi connectivity index (χ1v) is 6.45. The zero-order valence-corrected chi connectivity index (χ0v) is 10.5. The van der Waals surface area contributed by atoms with Crippen molar-refractivity contribution in [3.63, 3.8) is 0 Å². The van der Waals surface area contributed by atoms with Crippen LogP contribution in [0.1, 0.15) is 24.8 Å². The van der Waals surface area contributed by atoms with Crippen molar-refractivity contribution in [2.45, 2.75) is 32.1 Å². The van der Waals surface area contributed by atoms with Gasteiger partial charge in [0, 0.05) is 23.6 Å². The van der Waals surface area contributed by atoms with Crippen molar-refractivity contribution in [2.24, 2.45) is 0 Å². The highest BCUT2D eigenvalue weighted by Gasteiger charge is 2.04. The van der Waals surface area contributed by atoms with Gasteiger partial charge in [-0.25, -0.2) is 0 Å². The van der Waals surface area contributed by atoms with Crippen molar-refractivity contribution < 1.29 is 5.02 Å². The molecule has 0 spiro atoms. The van der Waals surface area contributed by atoms with Crippen LogP contribution in [-0.2, 0) is 6.54 Å². The number of hydrogen-bond donors (Lipinski definition) is 1. The van der Waals surface area contributed by atoms with Crippen LogP contribution in [0.3, 0.4) is 0 Å². The SMILES string of the molecule is N#Cc1cccc2c1ccn2CCCCCBO. The highest BCUT2D eigenvalue weighted by atomic mass is 16.2. The maximum Gasteiger partial charge on any atom is 0.270 e. The second kappa shape index (κ2) is 6.27.